The summed E-state index contributed by atoms with van der Waals surface area (Å²) in [5.41, 5.74) is 0.384. The second kappa shape index (κ2) is 6.22. The smallest absolute Gasteiger partial charge is 0.194 e. The minimum absolute atomic E-state index is 0.133. The van der Waals surface area contributed by atoms with E-state index < -0.39 is 0 Å². The third kappa shape index (κ3) is 2.46. The number of morpholine rings is 1. The van der Waals surface area contributed by atoms with Crippen molar-refractivity contribution in [1.29, 1.82) is 0 Å². The van der Waals surface area contributed by atoms with Gasteiger partial charge in [0, 0.05) is 51.2 Å². The lowest BCUT2D eigenvalue weighted by atomic mass is 9.46. The van der Waals surface area contributed by atoms with Crippen LogP contribution in [0.1, 0.15) is 25.7 Å². The van der Waals surface area contributed by atoms with E-state index in [1.165, 1.54) is 25.7 Å². The van der Waals surface area contributed by atoms with Crippen molar-refractivity contribution in [2.75, 3.05) is 47.1 Å². The summed E-state index contributed by atoms with van der Waals surface area (Å²) < 4.78 is 17.0. The summed E-state index contributed by atoms with van der Waals surface area (Å²) in [5.74, 6) is 1.69. The molecule has 2 saturated carbocycles. The average molecular weight is 323 g/mol. The van der Waals surface area contributed by atoms with Gasteiger partial charge in [0.15, 0.2) is 5.96 Å². The van der Waals surface area contributed by atoms with Crippen molar-refractivity contribution in [2.45, 2.75) is 43.9 Å². The Morgan fingerprint density at radius 2 is 2.22 bits per heavy atom. The molecule has 1 N–H and O–H groups in total. The quantitative estimate of drug-likeness (QED) is 0.617. The molecular weight excluding hydrogens is 294 g/mol. The van der Waals surface area contributed by atoms with E-state index in [4.69, 9.17) is 14.2 Å². The lowest BCUT2D eigenvalue weighted by Crippen LogP contribution is -2.73. The van der Waals surface area contributed by atoms with Crippen LogP contribution in [0.5, 0.6) is 0 Å². The van der Waals surface area contributed by atoms with Crippen LogP contribution >= 0.6 is 0 Å². The normalized spacial score (nSPS) is 38.9. The SMILES string of the molecule is CN=C(NC1C2CCOC2C12CCC2)N1CCOC(COC)C1. The van der Waals surface area contributed by atoms with E-state index in [9.17, 15) is 0 Å². The van der Waals surface area contributed by atoms with E-state index in [0.717, 1.165) is 32.3 Å². The molecule has 23 heavy (non-hydrogen) atoms. The van der Waals surface area contributed by atoms with Crippen molar-refractivity contribution in [2.24, 2.45) is 16.3 Å². The summed E-state index contributed by atoms with van der Waals surface area (Å²) in [4.78, 5) is 6.88. The van der Waals surface area contributed by atoms with Gasteiger partial charge in [-0.3, -0.25) is 4.99 Å². The Morgan fingerprint density at radius 3 is 2.91 bits per heavy atom. The number of guanidine groups is 1. The molecule has 2 saturated heterocycles. The van der Waals surface area contributed by atoms with Gasteiger partial charge in [-0.05, 0) is 19.3 Å². The zero-order chi connectivity index (χ0) is 15.9. The van der Waals surface area contributed by atoms with E-state index in [1.807, 2.05) is 7.05 Å². The fraction of sp³-hybridized carbons (Fsp3) is 0.941. The molecule has 4 aliphatic rings. The van der Waals surface area contributed by atoms with Gasteiger partial charge in [0.25, 0.3) is 0 Å². The van der Waals surface area contributed by atoms with Crippen LogP contribution in [-0.2, 0) is 14.2 Å². The van der Waals surface area contributed by atoms with Crippen molar-refractivity contribution < 1.29 is 14.2 Å². The highest BCUT2D eigenvalue weighted by molar-refractivity contribution is 5.80. The van der Waals surface area contributed by atoms with Crippen LogP contribution in [0.15, 0.2) is 4.99 Å². The van der Waals surface area contributed by atoms with Gasteiger partial charge in [0.2, 0.25) is 0 Å². The number of hydrogen-bond acceptors (Lipinski definition) is 4. The molecule has 130 valence electrons. The van der Waals surface area contributed by atoms with E-state index >= 15 is 0 Å². The Morgan fingerprint density at radius 1 is 1.35 bits per heavy atom. The minimum atomic E-state index is 0.133. The zero-order valence-electron chi connectivity index (χ0n) is 14.3. The van der Waals surface area contributed by atoms with Gasteiger partial charge in [0.05, 0.1) is 25.4 Å². The standard InChI is InChI=1S/C17H29N3O3/c1-18-16(20-7-9-22-12(10-20)11-21-2)19-14-13-4-8-23-15(13)17(14)5-3-6-17/h12-15H,3-11H2,1-2H3,(H,18,19). The first kappa shape index (κ1) is 15.7. The average Bonchev–Trinajstić information content (AvgIpc) is 2.92. The van der Waals surface area contributed by atoms with Gasteiger partial charge < -0.3 is 24.4 Å². The Labute approximate surface area is 138 Å². The van der Waals surface area contributed by atoms with Crippen LogP contribution in [0.3, 0.4) is 0 Å². The van der Waals surface area contributed by atoms with Crippen LogP contribution in [0.25, 0.3) is 0 Å². The second-order valence-electron chi connectivity index (χ2n) is 7.39. The summed E-state index contributed by atoms with van der Waals surface area (Å²) in [6.45, 7) is 4.04. The lowest BCUT2D eigenvalue weighted by Gasteiger charge is -2.63. The Hall–Kier alpha value is -0.850. The van der Waals surface area contributed by atoms with Crippen LogP contribution < -0.4 is 5.32 Å². The predicted molar refractivity (Wildman–Crippen MR) is 87.6 cm³/mol. The molecular formula is C17H29N3O3. The van der Waals surface area contributed by atoms with Crippen molar-refractivity contribution in [3.63, 3.8) is 0 Å². The van der Waals surface area contributed by atoms with Gasteiger partial charge in [-0.2, -0.15) is 0 Å². The predicted octanol–water partition coefficient (Wildman–Crippen LogP) is 0.867. The number of methoxy groups -OCH3 is 1. The van der Waals surface area contributed by atoms with Crippen LogP contribution in [0.2, 0.25) is 0 Å². The topological polar surface area (TPSA) is 55.3 Å². The van der Waals surface area contributed by atoms with Crippen LogP contribution in [0.4, 0.5) is 0 Å². The van der Waals surface area contributed by atoms with Gasteiger partial charge in [-0.25, -0.2) is 0 Å². The third-order valence-electron chi connectivity index (χ3n) is 6.32. The molecule has 2 aliphatic carbocycles. The second-order valence-corrected chi connectivity index (χ2v) is 7.39. The van der Waals surface area contributed by atoms with Gasteiger partial charge >= 0.3 is 0 Å². The summed E-state index contributed by atoms with van der Waals surface area (Å²) >= 11 is 0. The molecule has 2 aliphatic heterocycles. The first-order chi connectivity index (χ1) is 11.3. The Bertz CT molecular complexity index is 464. The Balaban J connectivity index is 1.42. The fourth-order valence-corrected chi connectivity index (χ4v) is 5.09. The zero-order valence-corrected chi connectivity index (χ0v) is 14.3. The highest BCUT2D eigenvalue weighted by Crippen LogP contribution is 2.62. The minimum Gasteiger partial charge on any atom is -0.382 e. The number of hydrogen-bond donors (Lipinski definition) is 1. The first-order valence-electron chi connectivity index (χ1n) is 8.99. The number of rotatable bonds is 3. The summed E-state index contributed by atoms with van der Waals surface area (Å²) in [6.07, 6.45) is 5.77. The van der Waals surface area contributed by atoms with Gasteiger partial charge in [0.1, 0.15) is 0 Å². The highest BCUT2D eigenvalue weighted by Gasteiger charge is 2.66. The maximum absolute atomic E-state index is 6.02. The number of nitrogens with zero attached hydrogens (tertiary/aromatic N) is 2. The molecule has 4 fully saturated rings. The monoisotopic (exact) mass is 323 g/mol. The molecule has 0 amide bonds. The Kier molecular flexibility index (Phi) is 4.24. The van der Waals surface area contributed by atoms with Crippen molar-refractivity contribution in [3.8, 4) is 0 Å². The van der Waals surface area contributed by atoms with E-state index in [-0.39, 0.29) is 6.10 Å². The maximum Gasteiger partial charge on any atom is 0.194 e. The van der Waals surface area contributed by atoms with E-state index in [0.29, 0.717) is 30.1 Å². The molecule has 4 unspecified atom stereocenters. The number of ether oxygens (including phenoxy) is 3. The molecule has 0 aromatic heterocycles. The highest BCUT2D eigenvalue weighted by atomic mass is 16.5. The lowest BCUT2D eigenvalue weighted by molar-refractivity contribution is -0.171. The molecule has 4 atom stereocenters. The maximum atomic E-state index is 6.02. The molecule has 6 heteroatoms. The fourth-order valence-electron chi connectivity index (χ4n) is 5.09. The summed E-state index contributed by atoms with van der Waals surface area (Å²) in [5, 5.41) is 3.80. The van der Waals surface area contributed by atoms with Gasteiger partial charge in [-0.1, -0.05) is 6.42 Å². The molecule has 1 spiro atoms. The first-order valence-corrected chi connectivity index (χ1v) is 8.99. The molecule has 2 heterocycles. The van der Waals surface area contributed by atoms with Crippen molar-refractivity contribution >= 4 is 5.96 Å². The van der Waals surface area contributed by atoms with E-state index in [1.54, 1.807) is 7.11 Å². The van der Waals surface area contributed by atoms with E-state index in [2.05, 4.69) is 15.2 Å². The largest absolute Gasteiger partial charge is 0.382 e. The molecule has 4 rings (SSSR count). The van der Waals surface area contributed by atoms with Crippen molar-refractivity contribution in [3.05, 3.63) is 0 Å². The third-order valence-corrected chi connectivity index (χ3v) is 6.32. The van der Waals surface area contributed by atoms with Gasteiger partial charge in [-0.15, -0.1) is 0 Å². The molecule has 6 nitrogen and oxygen atoms in total. The molecule has 0 aromatic rings. The molecule has 0 aromatic carbocycles. The van der Waals surface area contributed by atoms with Crippen LogP contribution in [0, 0.1) is 11.3 Å². The van der Waals surface area contributed by atoms with Crippen LogP contribution in [-0.4, -0.2) is 76.2 Å². The number of nitrogens with one attached hydrogen (secondary N) is 1. The summed E-state index contributed by atoms with van der Waals surface area (Å²) in [6, 6.07) is 0.533. The number of fused-ring (bicyclic) bond motifs is 2. The summed E-state index contributed by atoms with van der Waals surface area (Å²) in [7, 11) is 3.61. The molecule has 0 bridgehead atoms. The number of aliphatic imine (C=N–C) groups is 1. The molecule has 0 radical (unpaired) electrons. The van der Waals surface area contributed by atoms with Crippen molar-refractivity contribution in [1.82, 2.24) is 10.2 Å².